The Morgan fingerprint density at radius 1 is 1.44 bits per heavy atom. The molecule has 0 aliphatic heterocycles. The maximum absolute atomic E-state index is 11.6. The third-order valence-electron chi connectivity index (χ3n) is 3.52. The molecule has 90 valence electrons. The Bertz CT molecular complexity index is 285. The van der Waals surface area contributed by atoms with Gasteiger partial charge < -0.3 is 15.7 Å². The Labute approximate surface area is 96.1 Å². The van der Waals surface area contributed by atoms with E-state index in [1.54, 1.807) is 0 Å². The molecule has 2 aliphatic rings. The lowest BCUT2D eigenvalue weighted by atomic mass is 10.0. The summed E-state index contributed by atoms with van der Waals surface area (Å²) >= 11 is 0. The first kappa shape index (κ1) is 11.5. The van der Waals surface area contributed by atoms with Crippen LogP contribution in [0.1, 0.15) is 32.1 Å². The van der Waals surface area contributed by atoms with Crippen molar-refractivity contribution in [1.29, 1.82) is 0 Å². The van der Waals surface area contributed by atoms with Gasteiger partial charge in [0.1, 0.15) is 0 Å². The summed E-state index contributed by atoms with van der Waals surface area (Å²) in [6.07, 6.45) is 9.32. The molecule has 0 aromatic heterocycles. The maximum Gasteiger partial charge on any atom is 0.315 e. The van der Waals surface area contributed by atoms with Gasteiger partial charge in [-0.15, -0.1) is 0 Å². The lowest BCUT2D eigenvalue weighted by Gasteiger charge is -2.20. The van der Waals surface area contributed by atoms with E-state index in [-0.39, 0.29) is 24.1 Å². The molecular weight excluding hydrogens is 204 g/mol. The Kier molecular flexibility index (Phi) is 3.49. The number of aliphatic hydroxyl groups is 1. The highest BCUT2D eigenvalue weighted by Gasteiger charge is 2.42. The fraction of sp³-hybridized carbons (Fsp3) is 0.750. The van der Waals surface area contributed by atoms with Crippen molar-refractivity contribution < 1.29 is 9.90 Å². The number of nitrogens with one attached hydrogen (secondary N) is 2. The predicted molar refractivity (Wildman–Crippen MR) is 62.1 cm³/mol. The van der Waals surface area contributed by atoms with Crippen molar-refractivity contribution in [2.24, 2.45) is 5.41 Å². The van der Waals surface area contributed by atoms with Crippen LogP contribution in [0.4, 0.5) is 4.79 Å². The van der Waals surface area contributed by atoms with Crippen molar-refractivity contribution in [2.75, 3.05) is 13.2 Å². The SMILES string of the molecule is O=C(NCC1(CO)CC1)NC1CC=CCC1. The molecule has 0 heterocycles. The van der Waals surface area contributed by atoms with Crippen LogP contribution in [0.2, 0.25) is 0 Å². The molecule has 4 nitrogen and oxygen atoms in total. The minimum atomic E-state index is -0.0972. The van der Waals surface area contributed by atoms with E-state index < -0.39 is 0 Å². The molecule has 0 radical (unpaired) electrons. The second kappa shape index (κ2) is 4.87. The lowest BCUT2D eigenvalue weighted by Crippen LogP contribution is -2.44. The molecule has 2 rings (SSSR count). The number of aliphatic hydroxyl groups excluding tert-OH is 1. The quantitative estimate of drug-likeness (QED) is 0.628. The highest BCUT2D eigenvalue weighted by molar-refractivity contribution is 5.74. The number of hydrogen-bond acceptors (Lipinski definition) is 2. The summed E-state index contributed by atoms with van der Waals surface area (Å²) in [5.74, 6) is 0. The van der Waals surface area contributed by atoms with Crippen LogP contribution in [-0.4, -0.2) is 30.3 Å². The molecule has 1 saturated carbocycles. The topological polar surface area (TPSA) is 61.4 Å². The molecule has 0 spiro atoms. The van der Waals surface area contributed by atoms with Gasteiger partial charge in [-0.2, -0.15) is 0 Å². The highest BCUT2D eigenvalue weighted by atomic mass is 16.3. The monoisotopic (exact) mass is 224 g/mol. The second-order valence-corrected chi connectivity index (χ2v) is 4.97. The van der Waals surface area contributed by atoms with Crippen LogP contribution in [0, 0.1) is 5.41 Å². The van der Waals surface area contributed by atoms with Gasteiger partial charge in [-0.05, 0) is 32.1 Å². The van der Waals surface area contributed by atoms with E-state index >= 15 is 0 Å². The molecule has 3 N–H and O–H groups in total. The van der Waals surface area contributed by atoms with Crippen LogP contribution < -0.4 is 10.6 Å². The van der Waals surface area contributed by atoms with Crippen LogP contribution in [0.15, 0.2) is 12.2 Å². The highest BCUT2D eigenvalue weighted by Crippen LogP contribution is 2.44. The molecular formula is C12H20N2O2. The molecule has 0 saturated heterocycles. The molecule has 16 heavy (non-hydrogen) atoms. The predicted octanol–water partition coefficient (Wildman–Crippen LogP) is 1.17. The average Bonchev–Trinajstić information content (AvgIpc) is 3.09. The molecule has 2 amide bonds. The summed E-state index contributed by atoms with van der Waals surface area (Å²) in [4.78, 5) is 11.6. The Balaban J connectivity index is 1.66. The van der Waals surface area contributed by atoms with E-state index in [1.807, 2.05) is 0 Å². The zero-order valence-corrected chi connectivity index (χ0v) is 9.54. The first-order valence-corrected chi connectivity index (χ1v) is 6.04. The summed E-state index contributed by atoms with van der Waals surface area (Å²) < 4.78 is 0. The van der Waals surface area contributed by atoms with Crippen LogP contribution in [0.3, 0.4) is 0 Å². The van der Waals surface area contributed by atoms with Gasteiger partial charge in [-0.3, -0.25) is 0 Å². The average molecular weight is 224 g/mol. The van der Waals surface area contributed by atoms with Crippen molar-refractivity contribution in [3.63, 3.8) is 0 Å². The van der Waals surface area contributed by atoms with E-state index in [0.29, 0.717) is 6.54 Å². The lowest BCUT2D eigenvalue weighted by molar-refractivity contribution is 0.201. The zero-order chi connectivity index (χ0) is 11.4. The normalized spacial score (nSPS) is 26.2. The first-order chi connectivity index (χ1) is 7.74. The fourth-order valence-corrected chi connectivity index (χ4v) is 2.00. The van der Waals surface area contributed by atoms with Crippen molar-refractivity contribution in [2.45, 2.75) is 38.1 Å². The van der Waals surface area contributed by atoms with Gasteiger partial charge in [0.15, 0.2) is 0 Å². The number of amides is 2. The minimum absolute atomic E-state index is 0.0101. The van der Waals surface area contributed by atoms with E-state index in [9.17, 15) is 4.79 Å². The first-order valence-electron chi connectivity index (χ1n) is 6.04. The van der Waals surface area contributed by atoms with Crippen molar-refractivity contribution in [3.05, 3.63) is 12.2 Å². The fourth-order valence-electron chi connectivity index (χ4n) is 2.00. The van der Waals surface area contributed by atoms with Gasteiger partial charge >= 0.3 is 6.03 Å². The summed E-state index contributed by atoms with van der Waals surface area (Å²) in [5, 5.41) is 14.9. The van der Waals surface area contributed by atoms with Crippen molar-refractivity contribution >= 4 is 6.03 Å². The van der Waals surface area contributed by atoms with Crippen molar-refractivity contribution in [3.8, 4) is 0 Å². The van der Waals surface area contributed by atoms with Gasteiger partial charge in [0, 0.05) is 18.0 Å². The minimum Gasteiger partial charge on any atom is -0.396 e. The van der Waals surface area contributed by atoms with Crippen LogP contribution in [-0.2, 0) is 0 Å². The molecule has 1 unspecified atom stereocenters. The summed E-state index contributed by atoms with van der Waals surface area (Å²) in [5.41, 5.74) is -0.0101. The Morgan fingerprint density at radius 2 is 2.25 bits per heavy atom. The van der Waals surface area contributed by atoms with Gasteiger partial charge in [0.25, 0.3) is 0 Å². The summed E-state index contributed by atoms with van der Waals surface area (Å²) in [6.45, 7) is 0.775. The number of carbonyl (C=O) groups excluding carboxylic acids is 1. The van der Waals surface area contributed by atoms with E-state index in [1.165, 1.54) is 0 Å². The van der Waals surface area contributed by atoms with Crippen molar-refractivity contribution in [1.82, 2.24) is 10.6 Å². The third kappa shape index (κ3) is 2.98. The summed E-state index contributed by atoms with van der Waals surface area (Å²) in [6, 6.07) is 0.175. The standard InChI is InChI=1S/C12H20N2O2/c15-9-12(6-7-12)8-13-11(16)14-10-4-2-1-3-5-10/h1-2,10,15H,3-9H2,(H2,13,14,16). The Morgan fingerprint density at radius 3 is 2.81 bits per heavy atom. The molecule has 4 heteroatoms. The molecule has 1 fully saturated rings. The van der Waals surface area contributed by atoms with E-state index in [2.05, 4.69) is 22.8 Å². The number of urea groups is 1. The maximum atomic E-state index is 11.6. The molecule has 2 aliphatic carbocycles. The number of carbonyl (C=O) groups is 1. The van der Waals surface area contributed by atoms with Gasteiger partial charge in [-0.25, -0.2) is 4.79 Å². The summed E-state index contributed by atoms with van der Waals surface area (Å²) in [7, 11) is 0. The molecule has 0 aromatic carbocycles. The smallest absolute Gasteiger partial charge is 0.315 e. The molecule has 1 atom stereocenters. The van der Waals surface area contributed by atoms with Gasteiger partial charge in [-0.1, -0.05) is 12.2 Å². The van der Waals surface area contributed by atoms with Crippen LogP contribution >= 0.6 is 0 Å². The zero-order valence-electron chi connectivity index (χ0n) is 9.54. The van der Waals surface area contributed by atoms with E-state index in [0.717, 1.165) is 32.1 Å². The Hall–Kier alpha value is -1.03. The molecule has 0 bridgehead atoms. The van der Waals surface area contributed by atoms with Crippen LogP contribution in [0.25, 0.3) is 0 Å². The van der Waals surface area contributed by atoms with E-state index in [4.69, 9.17) is 5.11 Å². The number of rotatable bonds is 4. The third-order valence-corrected chi connectivity index (χ3v) is 3.52. The second-order valence-electron chi connectivity index (χ2n) is 4.97. The number of hydrogen-bond donors (Lipinski definition) is 3. The largest absolute Gasteiger partial charge is 0.396 e. The van der Waals surface area contributed by atoms with Gasteiger partial charge in [0.2, 0.25) is 0 Å². The molecule has 0 aromatic rings. The number of allylic oxidation sites excluding steroid dienone is 1. The van der Waals surface area contributed by atoms with Gasteiger partial charge in [0.05, 0.1) is 6.61 Å². The van der Waals surface area contributed by atoms with Crippen LogP contribution in [0.5, 0.6) is 0 Å².